The second-order valence-electron chi connectivity index (χ2n) is 9.42. The number of imidazole rings is 1. The van der Waals surface area contributed by atoms with E-state index in [9.17, 15) is 9.18 Å². The summed E-state index contributed by atoms with van der Waals surface area (Å²) in [6.07, 6.45) is 8.29. The Morgan fingerprint density at radius 3 is 2.75 bits per heavy atom. The number of carbonyl (C=O) groups excluding carboxylic acids is 1. The molecule has 1 aromatic heterocycles. The third-order valence-corrected chi connectivity index (χ3v) is 7.05. The highest BCUT2D eigenvalue weighted by Gasteiger charge is 2.53. The van der Waals surface area contributed by atoms with E-state index in [1.54, 1.807) is 34.1 Å². The molecule has 1 amide bonds. The number of piperidine rings is 1. The molecule has 3 aliphatic rings. The Kier molecular flexibility index (Phi) is 6.04. The molecule has 1 aromatic carbocycles. The predicted octanol–water partition coefficient (Wildman–Crippen LogP) is 3.74. The van der Waals surface area contributed by atoms with Crippen LogP contribution in [0.1, 0.15) is 37.7 Å². The Hall–Kier alpha value is -2.61. The number of nitrogens with zero attached hydrogens (tertiary/aromatic N) is 3. The summed E-state index contributed by atoms with van der Waals surface area (Å²) in [6.45, 7) is 2.98. The van der Waals surface area contributed by atoms with Gasteiger partial charge in [0.1, 0.15) is 0 Å². The molecule has 172 valence electrons. The molecule has 7 nitrogen and oxygen atoms in total. The number of nitrogens with one attached hydrogen (secondary N) is 1. The molecule has 32 heavy (non-hydrogen) atoms. The van der Waals surface area contributed by atoms with Crippen molar-refractivity contribution >= 4 is 6.09 Å². The van der Waals surface area contributed by atoms with Crippen molar-refractivity contribution in [1.29, 1.82) is 0 Å². The smallest absolute Gasteiger partial charge is 0.416 e. The topological polar surface area (TPSA) is 68.6 Å². The lowest BCUT2D eigenvalue weighted by atomic mass is 9.98. The molecule has 2 heterocycles. The molecule has 0 spiro atoms. The van der Waals surface area contributed by atoms with Gasteiger partial charge in [-0.1, -0.05) is 12.5 Å². The number of rotatable bonds is 7. The second-order valence-corrected chi connectivity index (χ2v) is 9.42. The van der Waals surface area contributed by atoms with Gasteiger partial charge in [0.15, 0.2) is 11.6 Å². The number of hydrogen-bond donors (Lipinski definition) is 1. The van der Waals surface area contributed by atoms with Gasteiger partial charge in [-0.2, -0.15) is 0 Å². The van der Waals surface area contributed by atoms with Gasteiger partial charge in [0.25, 0.3) is 0 Å². The molecule has 2 saturated carbocycles. The standard InChI is InChI=1S/C24H31FN4O3/c1-28-14-23(27-15-28)32-24(30)29(13-20-18-10-26-11-19(18)20)12-16-7-8-21(25)22(9-16)31-17-5-3-2-4-6-17/h7-9,14-15,17-20,26H,2-6,10-13H2,1H3. The third-order valence-electron chi connectivity index (χ3n) is 7.05. The highest BCUT2D eigenvalue weighted by Crippen LogP contribution is 2.49. The van der Waals surface area contributed by atoms with Gasteiger partial charge in [0.2, 0.25) is 5.88 Å². The lowest BCUT2D eigenvalue weighted by molar-refractivity contribution is 0.141. The van der Waals surface area contributed by atoms with Crippen molar-refractivity contribution in [1.82, 2.24) is 19.8 Å². The zero-order valence-corrected chi connectivity index (χ0v) is 18.5. The molecule has 0 radical (unpaired) electrons. The van der Waals surface area contributed by atoms with Crippen LogP contribution in [0.4, 0.5) is 9.18 Å². The van der Waals surface area contributed by atoms with Crippen molar-refractivity contribution in [3.8, 4) is 11.6 Å². The average molecular weight is 443 g/mol. The minimum atomic E-state index is -0.430. The quantitative estimate of drug-likeness (QED) is 0.708. The summed E-state index contributed by atoms with van der Waals surface area (Å²) in [4.78, 5) is 18.8. The fourth-order valence-electron chi connectivity index (χ4n) is 5.19. The third kappa shape index (κ3) is 4.75. The Morgan fingerprint density at radius 1 is 1.25 bits per heavy atom. The number of amides is 1. The fraction of sp³-hybridized carbons (Fsp3) is 0.583. The average Bonchev–Trinajstić information content (AvgIpc) is 3.11. The van der Waals surface area contributed by atoms with E-state index in [4.69, 9.17) is 9.47 Å². The fourth-order valence-corrected chi connectivity index (χ4v) is 5.19. The van der Waals surface area contributed by atoms with E-state index < -0.39 is 6.09 Å². The molecule has 1 saturated heterocycles. The van der Waals surface area contributed by atoms with Crippen LogP contribution in [0.3, 0.4) is 0 Å². The molecule has 3 fully saturated rings. The van der Waals surface area contributed by atoms with Crippen molar-refractivity contribution in [3.63, 3.8) is 0 Å². The largest absolute Gasteiger partial charge is 0.487 e. The highest BCUT2D eigenvalue weighted by molar-refractivity contribution is 5.70. The Labute approximate surface area is 187 Å². The number of halogens is 1. The van der Waals surface area contributed by atoms with Gasteiger partial charge in [-0.25, -0.2) is 14.2 Å². The monoisotopic (exact) mass is 442 g/mol. The first-order chi connectivity index (χ1) is 15.6. The summed E-state index contributed by atoms with van der Waals surface area (Å²) >= 11 is 0. The maximum Gasteiger partial charge on any atom is 0.416 e. The second kappa shape index (κ2) is 9.10. The van der Waals surface area contributed by atoms with Crippen molar-refractivity contribution in [3.05, 3.63) is 42.1 Å². The van der Waals surface area contributed by atoms with E-state index in [1.807, 2.05) is 7.05 Å². The molecule has 2 atom stereocenters. The molecular weight excluding hydrogens is 411 g/mol. The minimum absolute atomic E-state index is 0.0667. The van der Waals surface area contributed by atoms with E-state index >= 15 is 0 Å². The number of aromatic nitrogens is 2. The van der Waals surface area contributed by atoms with Crippen LogP contribution >= 0.6 is 0 Å². The van der Waals surface area contributed by atoms with Gasteiger partial charge in [0.05, 0.1) is 18.6 Å². The van der Waals surface area contributed by atoms with Crippen LogP contribution in [-0.4, -0.2) is 46.3 Å². The van der Waals surface area contributed by atoms with Crippen molar-refractivity contribution < 1.29 is 18.7 Å². The molecule has 2 aliphatic carbocycles. The summed E-state index contributed by atoms with van der Waals surface area (Å²) in [5.41, 5.74) is 0.833. The van der Waals surface area contributed by atoms with Crippen LogP contribution in [0.5, 0.6) is 11.6 Å². The van der Waals surface area contributed by atoms with Crippen LogP contribution in [0.2, 0.25) is 0 Å². The van der Waals surface area contributed by atoms with E-state index in [2.05, 4.69) is 10.3 Å². The lowest BCUT2D eigenvalue weighted by Crippen LogP contribution is -2.36. The summed E-state index contributed by atoms with van der Waals surface area (Å²) in [5.74, 6) is 1.92. The van der Waals surface area contributed by atoms with Crippen molar-refractivity contribution in [2.45, 2.75) is 44.8 Å². The normalized spacial score (nSPS) is 24.8. The molecule has 8 heteroatoms. The van der Waals surface area contributed by atoms with Crippen LogP contribution in [-0.2, 0) is 13.6 Å². The maximum atomic E-state index is 14.4. The first kappa shape index (κ1) is 21.2. The van der Waals surface area contributed by atoms with Crippen molar-refractivity contribution in [2.24, 2.45) is 24.8 Å². The summed E-state index contributed by atoms with van der Waals surface area (Å²) in [7, 11) is 1.83. The van der Waals surface area contributed by atoms with Gasteiger partial charge < -0.3 is 24.3 Å². The summed E-state index contributed by atoms with van der Waals surface area (Å²) in [5, 5.41) is 3.39. The van der Waals surface area contributed by atoms with Crippen LogP contribution in [0.25, 0.3) is 0 Å². The molecule has 1 aliphatic heterocycles. The van der Waals surface area contributed by atoms with Crippen LogP contribution < -0.4 is 14.8 Å². The molecular formula is C24H31FN4O3. The van der Waals surface area contributed by atoms with Gasteiger partial charge in [-0.3, -0.25) is 0 Å². The van der Waals surface area contributed by atoms with E-state index in [1.165, 1.54) is 12.5 Å². The van der Waals surface area contributed by atoms with Crippen molar-refractivity contribution in [2.75, 3.05) is 19.6 Å². The highest BCUT2D eigenvalue weighted by atomic mass is 19.1. The molecule has 2 unspecified atom stereocenters. The number of fused-ring (bicyclic) bond motifs is 1. The number of benzene rings is 1. The predicted molar refractivity (Wildman–Crippen MR) is 117 cm³/mol. The Balaban J connectivity index is 1.29. The number of aryl methyl sites for hydroxylation is 1. The van der Waals surface area contributed by atoms with Gasteiger partial charge in [-0.15, -0.1) is 0 Å². The minimum Gasteiger partial charge on any atom is -0.487 e. The summed E-state index contributed by atoms with van der Waals surface area (Å²) < 4.78 is 27.7. The van der Waals surface area contributed by atoms with Gasteiger partial charge in [-0.05, 0) is 74.2 Å². The number of hydrogen-bond acceptors (Lipinski definition) is 5. The van der Waals surface area contributed by atoms with E-state index in [0.29, 0.717) is 30.8 Å². The van der Waals surface area contributed by atoms with E-state index in [0.717, 1.165) is 44.3 Å². The van der Waals surface area contributed by atoms with Crippen LogP contribution in [0, 0.1) is 23.6 Å². The zero-order chi connectivity index (χ0) is 22.1. The Bertz CT molecular complexity index is 948. The lowest BCUT2D eigenvalue weighted by Gasteiger charge is -2.25. The summed E-state index contributed by atoms with van der Waals surface area (Å²) in [6, 6.07) is 4.89. The maximum absolute atomic E-state index is 14.4. The van der Waals surface area contributed by atoms with Gasteiger partial charge in [0, 0.05) is 20.1 Å². The zero-order valence-electron chi connectivity index (χ0n) is 18.5. The van der Waals surface area contributed by atoms with E-state index in [-0.39, 0.29) is 23.6 Å². The first-order valence-corrected chi connectivity index (χ1v) is 11.7. The van der Waals surface area contributed by atoms with Crippen LogP contribution in [0.15, 0.2) is 30.7 Å². The SMILES string of the molecule is Cn1cnc(OC(=O)N(Cc2ccc(F)c(OC3CCCCC3)c2)CC2C3CNCC32)c1. The Morgan fingerprint density at radius 2 is 2.03 bits per heavy atom. The first-order valence-electron chi connectivity index (χ1n) is 11.7. The number of ether oxygens (including phenoxy) is 2. The molecule has 5 rings (SSSR count). The number of carbonyl (C=O) groups is 1. The van der Waals surface area contributed by atoms with Gasteiger partial charge >= 0.3 is 6.09 Å². The molecule has 2 aromatic rings. The molecule has 1 N–H and O–H groups in total. The molecule has 0 bridgehead atoms.